The molecule has 0 bridgehead atoms. The first kappa shape index (κ1) is 17.6. The van der Waals surface area contributed by atoms with Crippen molar-refractivity contribution >= 4 is 21.8 Å². The van der Waals surface area contributed by atoms with Gasteiger partial charge in [-0.05, 0) is 42.5 Å². The highest BCUT2D eigenvalue weighted by atomic mass is 32.2. The molecule has 0 aliphatic rings. The summed E-state index contributed by atoms with van der Waals surface area (Å²) in [6, 6.07) is 11.4. The molecule has 24 heavy (non-hydrogen) atoms. The standard InChI is InChI=1S/C16H15NO6S/c1-22-13-7-5-11(6-8-13)15(18)10-23-16(19)12-3-2-4-14(9-12)24(17,20)21/h2-9H,10H2,1H3,(H2,17,20,21). The molecule has 2 aromatic rings. The fourth-order valence-electron chi connectivity index (χ4n) is 1.87. The van der Waals surface area contributed by atoms with Gasteiger partial charge in [-0.15, -0.1) is 0 Å². The minimum atomic E-state index is -3.93. The van der Waals surface area contributed by atoms with Crippen LogP contribution in [0, 0.1) is 0 Å². The Labute approximate surface area is 139 Å². The molecule has 0 spiro atoms. The third-order valence-electron chi connectivity index (χ3n) is 3.14. The van der Waals surface area contributed by atoms with Gasteiger partial charge in [0, 0.05) is 5.56 Å². The first-order chi connectivity index (χ1) is 11.3. The van der Waals surface area contributed by atoms with E-state index in [1.807, 2.05) is 0 Å². The Morgan fingerprint density at radius 3 is 2.29 bits per heavy atom. The number of rotatable bonds is 6. The molecule has 0 unspecified atom stereocenters. The molecular formula is C16H15NO6S. The number of hydrogen-bond donors (Lipinski definition) is 1. The molecule has 0 saturated heterocycles. The number of primary sulfonamides is 1. The molecule has 0 fully saturated rings. The fraction of sp³-hybridized carbons (Fsp3) is 0.125. The number of methoxy groups -OCH3 is 1. The Kier molecular flexibility index (Phi) is 5.32. The highest BCUT2D eigenvalue weighted by Crippen LogP contribution is 2.13. The average Bonchev–Trinajstić information content (AvgIpc) is 2.58. The zero-order chi connectivity index (χ0) is 17.7. The van der Waals surface area contributed by atoms with E-state index in [1.165, 1.54) is 25.3 Å². The molecule has 2 rings (SSSR count). The predicted octanol–water partition coefficient (Wildman–Crippen LogP) is 1.38. The molecule has 126 valence electrons. The molecule has 0 amide bonds. The molecule has 2 aromatic carbocycles. The van der Waals surface area contributed by atoms with Crippen LogP contribution < -0.4 is 9.88 Å². The molecule has 0 saturated carbocycles. The molecule has 0 heterocycles. The van der Waals surface area contributed by atoms with Gasteiger partial charge < -0.3 is 9.47 Å². The molecule has 8 heteroatoms. The predicted molar refractivity (Wildman–Crippen MR) is 85.4 cm³/mol. The summed E-state index contributed by atoms with van der Waals surface area (Å²) >= 11 is 0. The van der Waals surface area contributed by atoms with Crippen molar-refractivity contribution in [3.63, 3.8) is 0 Å². The second kappa shape index (κ2) is 7.24. The number of sulfonamides is 1. The average molecular weight is 349 g/mol. The van der Waals surface area contributed by atoms with E-state index < -0.39 is 28.4 Å². The van der Waals surface area contributed by atoms with Crippen LogP contribution in [-0.2, 0) is 14.8 Å². The monoisotopic (exact) mass is 349 g/mol. The Balaban J connectivity index is 2.03. The van der Waals surface area contributed by atoms with Crippen molar-refractivity contribution in [1.29, 1.82) is 0 Å². The second-order valence-electron chi connectivity index (χ2n) is 4.80. The molecular weight excluding hydrogens is 334 g/mol. The largest absolute Gasteiger partial charge is 0.497 e. The quantitative estimate of drug-likeness (QED) is 0.623. The lowest BCUT2D eigenvalue weighted by Crippen LogP contribution is -2.16. The van der Waals surface area contributed by atoms with Gasteiger partial charge >= 0.3 is 5.97 Å². The topological polar surface area (TPSA) is 113 Å². The van der Waals surface area contributed by atoms with E-state index in [2.05, 4.69) is 0 Å². The Morgan fingerprint density at radius 2 is 1.71 bits per heavy atom. The van der Waals surface area contributed by atoms with Crippen LogP contribution in [0.2, 0.25) is 0 Å². The van der Waals surface area contributed by atoms with Gasteiger partial charge in [-0.1, -0.05) is 6.07 Å². The van der Waals surface area contributed by atoms with E-state index in [9.17, 15) is 18.0 Å². The minimum Gasteiger partial charge on any atom is -0.497 e. The van der Waals surface area contributed by atoms with Gasteiger partial charge in [0.2, 0.25) is 10.0 Å². The van der Waals surface area contributed by atoms with Crippen LogP contribution in [-0.4, -0.2) is 33.9 Å². The lowest BCUT2D eigenvalue weighted by atomic mass is 10.1. The summed E-state index contributed by atoms with van der Waals surface area (Å²) < 4.78 is 32.4. The van der Waals surface area contributed by atoms with E-state index in [-0.39, 0.29) is 10.5 Å². The molecule has 0 aliphatic heterocycles. The van der Waals surface area contributed by atoms with E-state index >= 15 is 0 Å². The molecule has 0 radical (unpaired) electrons. The number of nitrogens with two attached hydrogens (primary N) is 1. The maximum atomic E-state index is 12.0. The fourth-order valence-corrected chi connectivity index (χ4v) is 2.43. The summed E-state index contributed by atoms with van der Waals surface area (Å²) in [5, 5.41) is 5.00. The van der Waals surface area contributed by atoms with E-state index in [1.54, 1.807) is 24.3 Å². The number of ketones is 1. The van der Waals surface area contributed by atoms with E-state index in [4.69, 9.17) is 14.6 Å². The van der Waals surface area contributed by atoms with Crippen LogP contribution in [0.5, 0.6) is 5.75 Å². The number of Topliss-reactive ketones (excluding diaryl/α,β-unsaturated/α-hetero) is 1. The number of benzene rings is 2. The molecule has 2 N–H and O–H groups in total. The SMILES string of the molecule is COc1ccc(C(=O)COC(=O)c2cccc(S(N)(=O)=O)c2)cc1. The zero-order valence-corrected chi connectivity index (χ0v) is 13.6. The van der Waals surface area contributed by atoms with E-state index in [0.717, 1.165) is 6.07 Å². The van der Waals surface area contributed by atoms with Crippen molar-refractivity contribution in [3.8, 4) is 5.75 Å². The van der Waals surface area contributed by atoms with Gasteiger partial charge in [-0.3, -0.25) is 4.79 Å². The third-order valence-corrected chi connectivity index (χ3v) is 4.06. The minimum absolute atomic E-state index is 0.0101. The maximum Gasteiger partial charge on any atom is 0.338 e. The highest BCUT2D eigenvalue weighted by Gasteiger charge is 2.15. The van der Waals surface area contributed by atoms with Crippen molar-refractivity contribution in [2.75, 3.05) is 13.7 Å². The first-order valence-electron chi connectivity index (χ1n) is 6.78. The normalized spacial score (nSPS) is 10.9. The smallest absolute Gasteiger partial charge is 0.338 e. The number of hydrogen-bond acceptors (Lipinski definition) is 6. The Bertz CT molecular complexity index is 858. The summed E-state index contributed by atoms with van der Waals surface area (Å²) in [7, 11) is -2.42. The van der Waals surface area contributed by atoms with Gasteiger partial charge in [0.05, 0.1) is 17.6 Å². The lowest BCUT2D eigenvalue weighted by Gasteiger charge is -2.06. The number of ether oxygens (including phenoxy) is 2. The van der Waals surface area contributed by atoms with Gasteiger partial charge in [-0.25, -0.2) is 18.4 Å². The zero-order valence-electron chi connectivity index (χ0n) is 12.8. The van der Waals surface area contributed by atoms with Gasteiger partial charge in [0.15, 0.2) is 12.4 Å². The number of carbonyl (C=O) groups is 2. The van der Waals surface area contributed by atoms with Crippen LogP contribution in [0.15, 0.2) is 53.4 Å². The second-order valence-corrected chi connectivity index (χ2v) is 6.36. The summed E-state index contributed by atoms with van der Waals surface area (Å²) in [4.78, 5) is 23.7. The number of carbonyl (C=O) groups excluding carboxylic acids is 2. The first-order valence-corrected chi connectivity index (χ1v) is 8.33. The Hall–Kier alpha value is -2.71. The highest BCUT2D eigenvalue weighted by molar-refractivity contribution is 7.89. The summed E-state index contributed by atoms with van der Waals surface area (Å²) in [6.45, 7) is -0.467. The van der Waals surface area contributed by atoms with Crippen LogP contribution >= 0.6 is 0 Å². The van der Waals surface area contributed by atoms with Crippen LogP contribution in [0.25, 0.3) is 0 Å². The molecule has 0 aromatic heterocycles. The molecule has 7 nitrogen and oxygen atoms in total. The summed E-state index contributed by atoms with van der Waals surface area (Å²) in [5.74, 6) is -0.612. The van der Waals surface area contributed by atoms with Crippen molar-refractivity contribution in [2.45, 2.75) is 4.90 Å². The van der Waals surface area contributed by atoms with Crippen LogP contribution in [0.4, 0.5) is 0 Å². The van der Waals surface area contributed by atoms with Crippen LogP contribution in [0.3, 0.4) is 0 Å². The van der Waals surface area contributed by atoms with Crippen molar-refractivity contribution in [3.05, 3.63) is 59.7 Å². The number of esters is 1. The Morgan fingerprint density at radius 1 is 1.04 bits per heavy atom. The lowest BCUT2D eigenvalue weighted by molar-refractivity contribution is 0.0474. The van der Waals surface area contributed by atoms with E-state index in [0.29, 0.717) is 11.3 Å². The molecule has 0 atom stereocenters. The van der Waals surface area contributed by atoms with Crippen molar-refractivity contribution in [2.24, 2.45) is 5.14 Å². The third kappa shape index (κ3) is 4.40. The van der Waals surface area contributed by atoms with Gasteiger partial charge in [0.1, 0.15) is 5.75 Å². The van der Waals surface area contributed by atoms with Crippen LogP contribution in [0.1, 0.15) is 20.7 Å². The summed E-state index contributed by atoms with van der Waals surface area (Å²) in [5.41, 5.74) is 0.353. The van der Waals surface area contributed by atoms with Gasteiger partial charge in [0.25, 0.3) is 0 Å². The summed E-state index contributed by atoms with van der Waals surface area (Å²) in [6.07, 6.45) is 0. The maximum absolute atomic E-state index is 12.0. The van der Waals surface area contributed by atoms with Gasteiger partial charge in [-0.2, -0.15) is 0 Å². The van der Waals surface area contributed by atoms with Crippen molar-refractivity contribution in [1.82, 2.24) is 0 Å². The van der Waals surface area contributed by atoms with Crippen molar-refractivity contribution < 1.29 is 27.5 Å². The molecule has 0 aliphatic carbocycles.